The molecular formula is C22H29F3N2O10S. The highest BCUT2D eigenvalue weighted by molar-refractivity contribution is 7.79. The zero-order chi connectivity index (χ0) is 28.0. The van der Waals surface area contributed by atoms with Crippen molar-refractivity contribution in [3.63, 3.8) is 0 Å². The van der Waals surface area contributed by atoms with Gasteiger partial charge in [0.05, 0.1) is 12.0 Å². The summed E-state index contributed by atoms with van der Waals surface area (Å²) in [7, 11) is -4.67. The summed E-state index contributed by atoms with van der Waals surface area (Å²) in [6.07, 6.45) is -1.79. The van der Waals surface area contributed by atoms with Crippen molar-refractivity contribution in [3.8, 4) is 11.6 Å². The third-order valence-corrected chi connectivity index (χ3v) is 6.41. The number of carbonyl (C=O) groups is 1. The van der Waals surface area contributed by atoms with Crippen LogP contribution in [-0.2, 0) is 19.9 Å². The molecule has 3 heterocycles. The summed E-state index contributed by atoms with van der Waals surface area (Å²) >= 11 is 0. The number of ether oxygens (including phenoxy) is 3. The normalized spacial score (nSPS) is 19.0. The highest BCUT2D eigenvalue weighted by atomic mass is 32.3. The Morgan fingerprint density at radius 1 is 1.16 bits per heavy atom. The Bertz CT molecular complexity index is 1170. The Kier molecular flexibility index (Phi) is 9.80. The fraction of sp³-hybridized carbons (Fsp3) is 0.636. The van der Waals surface area contributed by atoms with E-state index in [0.717, 1.165) is 25.9 Å². The summed E-state index contributed by atoms with van der Waals surface area (Å²) in [6.45, 7) is 1.87. The number of piperidine rings is 1. The smallest absolute Gasteiger partial charge is 0.422 e. The molecule has 0 radical (unpaired) electrons. The van der Waals surface area contributed by atoms with Crippen LogP contribution in [0.1, 0.15) is 25.7 Å². The molecular weight excluding hydrogens is 541 g/mol. The number of hydrogen-bond donors (Lipinski definition) is 3. The number of halogens is 3. The lowest BCUT2D eigenvalue weighted by molar-refractivity contribution is -0.157. The van der Waals surface area contributed by atoms with Crippen molar-refractivity contribution in [2.75, 3.05) is 46.1 Å². The van der Waals surface area contributed by atoms with Gasteiger partial charge in [0.15, 0.2) is 12.2 Å². The standard InChI is InChI=1S/C22H27F3N2O6.H2O4S/c23-22(24,25)14-32-16-2-1-3-17-18(16)19(26-33-17)31-12-15-4-8-27(9-5-15)13-21(20(28)29)6-10-30-11-7-21;1-5(2,3)4/h1-3,15H,4-14H2,(H,28,29);(H2,1,2,3,4). The van der Waals surface area contributed by atoms with E-state index in [9.17, 15) is 23.1 Å². The summed E-state index contributed by atoms with van der Waals surface area (Å²) in [5.74, 6) is -0.437. The third-order valence-electron chi connectivity index (χ3n) is 6.41. The number of aromatic nitrogens is 1. The van der Waals surface area contributed by atoms with Crippen molar-refractivity contribution in [2.24, 2.45) is 11.3 Å². The van der Waals surface area contributed by atoms with E-state index in [0.29, 0.717) is 39.2 Å². The number of likely N-dealkylation sites (tertiary alicyclic amines) is 1. The molecule has 2 saturated heterocycles. The average Bonchev–Trinajstić information content (AvgIpc) is 3.25. The molecule has 1 aromatic carbocycles. The van der Waals surface area contributed by atoms with Gasteiger partial charge in [0, 0.05) is 19.8 Å². The first-order valence-electron chi connectivity index (χ1n) is 11.7. The van der Waals surface area contributed by atoms with E-state index < -0.39 is 34.6 Å². The molecule has 16 heteroatoms. The molecule has 2 aliphatic heterocycles. The maximum Gasteiger partial charge on any atom is 0.422 e. The average molecular weight is 571 g/mol. The first-order valence-corrected chi connectivity index (χ1v) is 13.1. The van der Waals surface area contributed by atoms with E-state index in [-0.39, 0.29) is 28.5 Å². The van der Waals surface area contributed by atoms with E-state index >= 15 is 0 Å². The molecule has 0 aliphatic carbocycles. The number of carboxylic acid groups (broad SMARTS) is 1. The Balaban J connectivity index is 0.000000732. The fourth-order valence-electron chi connectivity index (χ4n) is 4.45. The van der Waals surface area contributed by atoms with Crippen LogP contribution in [0.15, 0.2) is 22.7 Å². The van der Waals surface area contributed by atoms with Crippen molar-refractivity contribution >= 4 is 27.3 Å². The molecule has 0 amide bonds. The van der Waals surface area contributed by atoms with Crippen LogP contribution in [0, 0.1) is 11.3 Å². The van der Waals surface area contributed by atoms with Crippen molar-refractivity contribution < 1.29 is 59.3 Å². The Labute approximate surface area is 216 Å². The topological polar surface area (TPSA) is 169 Å². The molecule has 214 valence electrons. The monoisotopic (exact) mass is 570 g/mol. The summed E-state index contributed by atoms with van der Waals surface area (Å²) in [4.78, 5) is 14.1. The number of benzene rings is 1. The molecule has 2 aliphatic rings. The van der Waals surface area contributed by atoms with Gasteiger partial charge in [-0.1, -0.05) is 6.07 Å². The minimum absolute atomic E-state index is 0.00586. The van der Waals surface area contributed by atoms with Gasteiger partial charge in [0.1, 0.15) is 11.1 Å². The van der Waals surface area contributed by atoms with Crippen LogP contribution >= 0.6 is 0 Å². The number of rotatable bonds is 8. The molecule has 38 heavy (non-hydrogen) atoms. The van der Waals surface area contributed by atoms with Gasteiger partial charge in [-0.05, 0) is 62.0 Å². The van der Waals surface area contributed by atoms with Gasteiger partial charge in [-0.25, -0.2) is 0 Å². The SMILES string of the molecule is O=C(O)C1(CN2CCC(COc3noc4cccc(OCC(F)(F)F)c34)CC2)CCOCC1.O=S(=O)(O)O. The first kappa shape index (κ1) is 29.9. The van der Waals surface area contributed by atoms with Crippen LogP contribution in [0.4, 0.5) is 13.2 Å². The number of carboxylic acids is 1. The maximum atomic E-state index is 12.6. The second-order valence-corrected chi connectivity index (χ2v) is 10.1. The van der Waals surface area contributed by atoms with Crippen molar-refractivity contribution in [2.45, 2.75) is 31.9 Å². The Morgan fingerprint density at radius 3 is 2.37 bits per heavy atom. The molecule has 3 N–H and O–H groups in total. The zero-order valence-corrected chi connectivity index (χ0v) is 21.0. The second-order valence-electron chi connectivity index (χ2n) is 9.20. The van der Waals surface area contributed by atoms with Crippen LogP contribution in [0.25, 0.3) is 11.0 Å². The summed E-state index contributed by atoms with van der Waals surface area (Å²) < 4.78 is 90.6. The van der Waals surface area contributed by atoms with Gasteiger partial charge in [0.2, 0.25) is 0 Å². The van der Waals surface area contributed by atoms with E-state index in [1.165, 1.54) is 12.1 Å². The summed E-state index contributed by atoms with van der Waals surface area (Å²) in [6, 6.07) is 4.54. The van der Waals surface area contributed by atoms with Crippen LogP contribution in [0.3, 0.4) is 0 Å². The highest BCUT2D eigenvalue weighted by Gasteiger charge is 2.42. The van der Waals surface area contributed by atoms with Crippen LogP contribution in [0.5, 0.6) is 11.6 Å². The molecule has 0 saturated carbocycles. The molecule has 12 nitrogen and oxygen atoms in total. The number of nitrogens with zero attached hydrogens (tertiary/aromatic N) is 2. The van der Waals surface area contributed by atoms with E-state index in [1.54, 1.807) is 6.07 Å². The number of fused-ring (bicyclic) bond motifs is 1. The summed E-state index contributed by atoms with van der Waals surface area (Å²) in [5.41, 5.74) is -0.469. The lowest BCUT2D eigenvalue weighted by atomic mass is 9.79. The lowest BCUT2D eigenvalue weighted by Crippen LogP contribution is -2.49. The largest absolute Gasteiger partial charge is 0.483 e. The molecule has 2 aromatic rings. The van der Waals surface area contributed by atoms with Gasteiger partial charge >= 0.3 is 22.5 Å². The van der Waals surface area contributed by atoms with Gasteiger partial charge in [0.25, 0.3) is 5.88 Å². The van der Waals surface area contributed by atoms with E-state index in [2.05, 4.69) is 10.1 Å². The van der Waals surface area contributed by atoms with Crippen LogP contribution < -0.4 is 9.47 Å². The Hall–Kier alpha value is -2.66. The number of aliphatic carboxylic acids is 1. The Morgan fingerprint density at radius 2 is 1.79 bits per heavy atom. The number of hydrogen-bond acceptors (Lipinski definition) is 9. The van der Waals surface area contributed by atoms with Crippen LogP contribution in [-0.4, -0.2) is 90.9 Å². The maximum absolute atomic E-state index is 12.6. The number of alkyl halides is 3. The summed E-state index contributed by atoms with van der Waals surface area (Å²) in [5, 5.41) is 13.9. The first-order chi connectivity index (χ1) is 17.8. The van der Waals surface area contributed by atoms with Gasteiger partial charge < -0.3 is 28.7 Å². The molecule has 2 fully saturated rings. The molecule has 0 bridgehead atoms. The van der Waals surface area contributed by atoms with Crippen molar-refractivity contribution in [1.82, 2.24) is 10.1 Å². The van der Waals surface area contributed by atoms with Crippen LogP contribution in [0.2, 0.25) is 0 Å². The zero-order valence-electron chi connectivity index (χ0n) is 20.2. The van der Waals surface area contributed by atoms with Gasteiger partial charge in [-0.3, -0.25) is 13.9 Å². The molecule has 4 rings (SSSR count). The second kappa shape index (κ2) is 12.5. The molecule has 0 atom stereocenters. The fourth-order valence-corrected chi connectivity index (χ4v) is 4.45. The molecule has 1 aromatic heterocycles. The van der Waals surface area contributed by atoms with Crippen molar-refractivity contribution in [3.05, 3.63) is 18.2 Å². The molecule has 0 spiro atoms. The van der Waals surface area contributed by atoms with Gasteiger partial charge in [-0.2, -0.15) is 21.6 Å². The highest BCUT2D eigenvalue weighted by Crippen LogP contribution is 2.36. The predicted molar refractivity (Wildman–Crippen MR) is 125 cm³/mol. The lowest BCUT2D eigenvalue weighted by Gasteiger charge is -2.40. The van der Waals surface area contributed by atoms with E-state index in [1.807, 2.05) is 0 Å². The third kappa shape index (κ3) is 8.97. The quantitative estimate of drug-likeness (QED) is 0.397. The van der Waals surface area contributed by atoms with Crippen molar-refractivity contribution in [1.29, 1.82) is 0 Å². The predicted octanol–water partition coefficient (Wildman–Crippen LogP) is 3.09. The van der Waals surface area contributed by atoms with Gasteiger partial charge in [-0.15, -0.1) is 0 Å². The minimum atomic E-state index is -4.67. The molecule has 0 unspecified atom stereocenters. The minimum Gasteiger partial charge on any atom is -0.483 e. The van der Waals surface area contributed by atoms with E-state index in [4.69, 9.17) is 36.3 Å².